The molecule has 0 spiro atoms. The quantitative estimate of drug-likeness (QED) is 0.459. The second-order valence-corrected chi connectivity index (χ2v) is 18.6. The van der Waals surface area contributed by atoms with E-state index in [0.29, 0.717) is 28.5 Å². The predicted octanol–water partition coefficient (Wildman–Crippen LogP) is 5.39. The Bertz CT molecular complexity index is 531. The summed E-state index contributed by atoms with van der Waals surface area (Å²) in [6.45, 7) is 15.5. The van der Waals surface area contributed by atoms with E-state index in [2.05, 4.69) is 48.5 Å². The van der Waals surface area contributed by atoms with Crippen LogP contribution < -0.4 is 0 Å². The number of carbonyl (C=O) groups is 1. The molecular formula is C21H42O5Si2. The van der Waals surface area contributed by atoms with Gasteiger partial charge >= 0.3 is 8.80 Å². The van der Waals surface area contributed by atoms with Crippen LogP contribution in [-0.4, -0.2) is 44.4 Å². The number of fused-ring (bicyclic) bond motifs is 2. The Hall–Kier alpha value is -0.216. The number of hydrogen-bond acceptors (Lipinski definition) is 5. The second kappa shape index (κ2) is 8.49. The Kier molecular flexibility index (Phi) is 7.30. The van der Waals surface area contributed by atoms with Gasteiger partial charge in [-0.2, -0.15) is 0 Å². The summed E-state index contributed by atoms with van der Waals surface area (Å²) in [6.07, 6.45) is 2.82. The van der Waals surface area contributed by atoms with Crippen molar-refractivity contribution < 1.29 is 22.5 Å². The first-order valence-electron chi connectivity index (χ1n) is 10.8. The molecule has 2 bridgehead atoms. The van der Waals surface area contributed by atoms with Crippen LogP contribution in [-0.2, 0) is 22.5 Å². The molecule has 0 aliphatic heterocycles. The predicted molar refractivity (Wildman–Crippen MR) is 117 cm³/mol. The molecule has 2 aliphatic rings. The average Bonchev–Trinajstić information content (AvgIpc) is 3.19. The highest BCUT2D eigenvalue weighted by Gasteiger charge is 2.65. The van der Waals surface area contributed by atoms with Gasteiger partial charge in [0.2, 0.25) is 0 Å². The minimum absolute atomic E-state index is 0.0423. The summed E-state index contributed by atoms with van der Waals surface area (Å²) in [5, 5.41) is 0. The topological polar surface area (TPSA) is 54.0 Å². The van der Waals surface area contributed by atoms with Crippen molar-refractivity contribution in [1.29, 1.82) is 0 Å². The van der Waals surface area contributed by atoms with E-state index in [9.17, 15) is 4.79 Å². The normalized spacial score (nSPS) is 30.7. The first kappa shape index (κ1) is 24.1. The van der Waals surface area contributed by atoms with Crippen LogP contribution in [0.3, 0.4) is 0 Å². The lowest BCUT2D eigenvalue weighted by molar-refractivity contribution is -0.149. The van der Waals surface area contributed by atoms with Gasteiger partial charge in [-0.15, -0.1) is 0 Å². The molecule has 0 aromatic carbocycles. The van der Waals surface area contributed by atoms with Gasteiger partial charge < -0.3 is 17.7 Å². The van der Waals surface area contributed by atoms with Gasteiger partial charge in [-0.05, 0) is 54.6 Å². The minimum atomic E-state index is -2.68. The highest BCUT2D eigenvalue weighted by molar-refractivity contribution is 6.79. The van der Waals surface area contributed by atoms with Gasteiger partial charge in [0.05, 0.1) is 5.41 Å². The van der Waals surface area contributed by atoms with E-state index in [-0.39, 0.29) is 11.5 Å². The van der Waals surface area contributed by atoms with Crippen LogP contribution in [0.5, 0.6) is 0 Å². The molecule has 0 heterocycles. The van der Waals surface area contributed by atoms with Gasteiger partial charge in [-0.1, -0.05) is 41.5 Å². The van der Waals surface area contributed by atoms with Crippen LogP contribution in [0.1, 0.15) is 67.7 Å². The van der Waals surface area contributed by atoms with Crippen molar-refractivity contribution in [2.45, 2.75) is 89.9 Å². The van der Waals surface area contributed by atoms with Gasteiger partial charge in [-0.25, -0.2) is 0 Å². The molecule has 2 aliphatic carbocycles. The van der Waals surface area contributed by atoms with Crippen LogP contribution >= 0.6 is 0 Å². The van der Waals surface area contributed by atoms with Gasteiger partial charge in [0.15, 0.2) is 0 Å². The highest BCUT2D eigenvalue weighted by Crippen LogP contribution is 2.64. The maximum Gasteiger partial charge on any atom is 0.503 e. The Morgan fingerprint density at radius 3 is 1.68 bits per heavy atom. The fourth-order valence-corrected chi connectivity index (χ4v) is 14.7. The van der Waals surface area contributed by atoms with E-state index in [4.69, 9.17) is 17.7 Å². The Morgan fingerprint density at radius 1 is 0.893 bits per heavy atom. The average molecular weight is 431 g/mol. The smallest absolute Gasteiger partial charge is 0.503 e. The molecule has 4 unspecified atom stereocenters. The molecule has 0 amide bonds. The van der Waals surface area contributed by atoms with E-state index >= 15 is 0 Å². The molecule has 7 heteroatoms. The van der Waals surface area contributed by atoms with E-state index in [1.807, 2.05) is 0 Å². The summed E-state index contributed by atoms with van der Waals surface area (Å²) in [7, 11) is 0.160. The van der Waals surface area contributed by atoms with Crippen LogP contribution in [0, 0.1) is 17.3 Å². The Labute approximate surface area is 174 Å². The van der Waals surface area contributed by atoms with Gasteiger partial charge in [0.25, 0.3) is 14.3 Å². The fraction of sp³-hybridized carbons (Fsp3) is 0.952. The lowest BCUT2D eigenvalue weighted by Gasteiger charge is -2.45. The third kappa shape index (κ3) is 3.55. The molecular weight excluding hydrogens is 388 g/mol. The second-order valence-electron chi connectivity index (χ2n) is 10.1. The molecule has 0 N–H and O–H groups in total. The van der Waals surface area contributed by atoms with Crippen molar-refractivity contribution in [3.05, 3.63) is 0 Å². The zero-order valence-corrected chi connectivity index (χ0v) is 21.6. The maximum absolute atomic E-state index is 13.6. The molecule has 2 saturated carbocycles. The Morgan fingerprint density at radius 2 is 1.36 bits per heavy atom. The van der Waals surface area contributed by atoms with Gasteiger partial charge in [0.1, 0.15) is 0 Å². The summed E-state index contributed by atoms with van der Waals surface area (Å²) in [6, 6.07) is 0. The largest absolute Gasteiger partial charge is 0.518 e. The third-order valence-electron chi connectivity index (χ3n) is 8.03. The molecule has 5 nitrogen and oxygen atoms in total. The maximum atomic E-state index is 13.6. The zero-order chi connectivity index (χ0) is 21.5. The molecule has 0 aromatic heterocycles. The molecule has 4 atom stereocenters. The van der Waals surface area contributed by atoms with E-state index in [1.54, 1.807) is 21.3 Å². The lowest BCUT2D eigenvalue weighted by atomic mass is 9.75. The molecule has 0 saturated heterocycles. The van der Waals surface area contributed by atoms with E-state index in [0.717, 1.165) is 19.3 Å². The molecule has 0 aromatic rings. The van der Waals surface area contributed by atoms with Crippen molar-refractivity contribution in [2.75, 3.05) is 21.3 Å². The number of carbonyl (C=O) groups excluding carboxylic acids is 1. The van der Waals surface area contributed by atoms with Crippen molar-refractivity contribution in [1.82, 2.24) is 0 Å². The molecule has 2 fully saturated rings. The SMILES string of the molecule is CO[Si](OC)(OC)C1CC2CC1CC2(C)C(=O)O[Si](C(C)C)(C(C)C)C(C)C. The van der Waals surface area contributed by atoms with Crippen molar-refractivity contribution in [2.24, 2.45) is 17.3 Å². The highest BCUT2D eigenvalue weighted by atomic mass is 28.4. The molecule has 0 radical (unpaired) electrons. The standard InChI is InChI=1S/C21H42O5Si2/c1-14(2)27(15(3)4,16(5)6)26-20(22)21(7)13-17-11-18(21)12-19(17)28(23-8,24-9)25-10/h14-19H,11-13H2,1-10H3. The summed E-state index contributed by atoms with van der Waals surface area (Å²) in [5.74, 6) is 0.767. The fourth-order valence-electron chi connectivity index (χ4n) is 6.60. The lowest BCUT2D eigenvalue weighted by Crippen LogP contribution is -2.54. The molecule has 2 rings (SSSR count). The first-order valence-corrected chi connectivity index (χ1v) is 14.8. The van der Waals surface area contributed by atoms with E-state index < -0.39 is 22.5 Å². The monoisotopic (exact) mass is 430 g/mol. The van der Waals surface area contributed by atoms with Crippen molar-refractivity contribution >= 4 is 23.1 Å². The van der Waals surface area contributed by atoms with Crippen molar-refractivity contribution in [3.8, 4) is 0 Å². The zero-order valence-electron chi connectivity index (χ0n) is 19.6. The molecule has 28 heavy (non-hydrogen) atoms. The first-order chi connectivity index (χ1) is 12.9. The third-order valence-corrected chi connectivity index (χ3v) is 17.3. The van der Waals surface area contributed by atoms with Crippen LogP contribution in [0.15, 0.2) is 0 Å². The minimum Gasteiger partial charge on any atom is -0.518 e. The number of hydrogen-bond donors (Lipinski definition) is 0. The van der Waals surface area contributed by atoms with Crippen LogP contribution in [0.2, 0.25) is 22.2 Å². The summed E-state index contributed by atoms with van der Waals surface area (Å²) < 4.78 is 23.9. The molecule has 164 valence electrons. The van der Waals surface area contributed by atoms with Crippen LogP contribution in [0.25, 0.3) is 0 Å². The van der Waals surface area contributed by atoms with Gasteiger partial charge in [-0.3, -0.25) is 4.79 Å². The summed E-state index contributed by atoms with van der Waals surface area (Å²) >= 11 is 0. The van der Waals surface area contributed by atoms with Gasteiger partial charge in [0, 0.05) is 26.9 Å². The van der Waals surface area contributed by atoms with Crippen molar-refractivity contribution in [3.63, 3.8) is 0 Å². The van der Waals surface area contributed by atoms with E-state index in [1.165, 1.54) is 0 Å². The number of rotatable bonds is 9. The summed E-state index contributed by atoms with van der Waals surface area (Å²) in [5.41, 5.74) is 1.10. The van der Waals surface area contributed by atoms with Crippen LogP contribution in [0.4, 0.5) is 0 Å². The summed E-state index contributed by atoms with van der Waals surface area (Å²) in [4.78, 5) is 13.6. The Balaban J connectivity index is 2.23.